The summed E-state index contributed by atoms with van der Waals surface area (Å²) in [6.45, 7) is 6.94. The van der Waals surface area contributed by atoms with Crippen molar-refractivity contribution in [3.63, 3.8) is 0 Å². The van der Waals surface area contributed by atoms with E-state index in [0.717, 1.165) is 19.4 Å². The molecule has 1 aromatic carbocycles. The van der Waals surface area contributed by atoms with E-state index in [2.05, 4.69) is 5.32 Å². The second-order valence-corrected chi connectivity index (χ2v) is 7.26. The maximum Gasteiger partial charge on any atom is 0.410 e. The predicted octanol–water partition coefficient (Wildman–Crippen LogP) is 4.80. The van der Waals surface area contributed by atoms with Crippen molar-refractivity contribution in [3.05, 3.63) is 28.2 Å². The highest BCUT2D eigenvalue weighted by molar-refractivity contribution is 6.39. The van der Waals surface area contributed by atoms with E-state index in [1.54, 1.807) is 23.1 Å². The second kappa shape index (κ2) is 6.97. The SMILES string of the molecule is CC(C)(C)OC(=O)N1CCCC1CNc1c(Cl)cccc1Cl. The molecule has 6 heteroatoms. The van der Waals surface area contributed by atoms with Crippen molar-refractivity contribution >= 4 is 35.0 Å². The average molecular weight is 345 g/mol. The highest BCUT2D eigenvalue weighted by Gasteiger charge is 2.32. The predicted molar refractivity (Wildman–Crippen MR) is 90.9 cm³/mol. The summed E-state index contributed by atoms with van der Waals surface area (Å²) in [5.74, 6) is 0. The third-order valence-corrected chi connectivity index (χ3v) is 4.11. The third kappa shape index (κ3) is 4.43. The Morgan fingerprint density at radius 3 is 2.59 bits per heavy atom. The van der Waals surface area contributed by atoms with Crippen LogP contribution < -0.4 is 5.32 Å². The number of nitrogens with zero attached hydrogens (tertiary/aromatic N) is 1. The van der Waals surface area contributed by atoms with Gasteiger partial charge in [0.15, 0.2) is 0 Å². The number of hydrogen-bond acceptors (Lipinski definition) is 3. The topological polar surface area (TPSA) is 41.6 Å². The van der Waals surface area contributed by atoms with Crippen molar-refractivity contribution in [3.8, 4) is 0 Å². The molecule has 1 unspecified atom stereocenters. The van der Waals surface area contributed by atoms with E-state index < -0.39 is 5.60 Å². The lowest BCUT2D eigenvalue weighted by Crippen LogP contribution is -2.42. The molecular weight excluding hydrogens is 323 g/mol. The van der Waals surface area contributed by atoms with Crippen molar-refractivity contribution in [1.29, 1.82) is 0 Å². The van der Waals surface area contributed by atoms with Crippen molar-refractivity contribution in [1.82, 2.24) is 4.90 Å². The lowest BCUT2D eigenvalue weighted by molar-refractivity contribution is 0.0235. The number of halogens is 2. The zero-order chi connectivity index (χ0) is 16.3. The summed E-state index contributed by atoms with van der Waals surface area (Å²) in [5.41, 5.74) is 0.228. The Balaban J connectivity index is 1.98. The van der Waals surface area contributed by atoms with Crippen LogP contribution in [0.3, 0.4) is 0 Å². The van der Waals surface area contributed by atoms with Gasteiger partial charge in [0, 0.05) is 13.1 Å². The van der Waals surface area contributed by atoms with Crippen LogP contribution in [0.1, 0.15) is 33.6 Å². The largest absolute Gasteiger partial charge is 0.444 e. The Hall–Kier alpha value is -1.13. The van der Waals surface area contributed by atoms with Crippen LogP contribution in [0.5, 0.6) is 0 Å². The van der Waals surface area contributed by atoms with Crippen molar-refractivity contribution in [2.75, 3.05) is 18.4 Å². The van der Waals surface area contributed by atoms with Gasteiger partial charge in [-0.1, -0.05) is 29.3 Å². The number of para-hydroxylation sites is 1. The third-order valence-electron chi connectivity index (χ3n) is 3.48. The molecule has 0 aliphatic carbocycles. The number of amides is 1. The molecule has 1 amide bonds. The molecule has 1 saturated heterocycles. The minimum atomic E-state index is -0.482. The van der Waals surface area contributed by atoms with Gasteiger partial charge in [0.05, 0.1) is 21.8 Å². The van der Waals surface area contributed by atoms with Crippen molar-refractivity contribution in [2.45, 2.75) is 45.3 Å². The maximum atomic E-state index is 12.2. The molecule has 1 aromatic rings. The fourth-order valence-corrected chi connectivity index (χ4v) is 3.03. The summed E-state index contributed by atoms with van der Waals surface area (Å²) in [4.78, 5) is 14.0. The lowest BCUT2D eigenvalue weighted by Gasteiger charge is -2.29. The summed E-state index contributed by atoms with van der Waals surface area (Å²) in [7, 11) is 0. The Bertz CT molecular complexity index is 523. The fourth-order valence-electron chi connectivity index (χ4n) is 2.50. The quantitative estimate of drug-likeness (QED) is 0.855. The summed E-state index contributed by atoms with van der Waals surface area (Å²) in [6, 6.07) is 5.46. The smallest absolute Gasteiger partial charge is 0.410 e. The monoisotopic (exact) mass is 344 g/mol. The number of carbonyl (C=O) groups excluding carboxylic acids is 1. The van der Waals surface area contributed by atoms with E-state index >= 15 is 0 Å². The van der Waals surface area contributed by atoms with Crippen LogP contribution in [-0.2, 0) is 4.74 Å². The molecule has 22 heavy (non-hydrogen) atoms. The molecule has 122 valence electrons. The highest BCUT2D eigenvalue weighted by atomic mass is 35.5. The van der Waals surface area contributed by atoms with Gasteiger partial charge in [0.2, 0.25) is 0 Å². The van der Waals surface area contributed by atoms with Gasteiger partial charge in [-0.25, -0.2) is 4.79 Å². The molecule has 1 N–H and O–H groups in total. The first-order chi connectivity index (χ1) is 10.3. The van der Waals surface area contributed by atoms with Gasteiger partial charge in [-0.2, -0.15) is 0 Å². The molecule has 0 spiro atoms. The minimum Gasteiger partial charge on any atom is -0.444 e. The Morgan fingerprint density at radius 2 is 2.00 bits per heavy atom. The van der Waals surface area contributed by atoms with Crippen LogP contribution in [0.15, 0.2) is 18.2 Å². The van der Waals surface area contributed by atoms with Gasteiger partial charge in [0.1, 0.15) is 5.60 Å². The summed E-state index contributed by atoms with van der Waals surface area (Å²) in [5, 5.41) is 4.41. The van der Waals surface area contributed by atoms with E-state index in [1.165, 1.54) is 0 Å². The van der Waals surface area contributed by atoms with Gasteiger partial charge in [0.25, 0.3) is 0 Å². The number of likely N-dealkylation sites (tertiary alicyclic amines) is 1. The van der Waals surface area contributed by atoms with Crippen molar-refractivity contribution < 1.29 is 9.53 Å². The van der Waals surface area contributed by atoms with E-state index in [9.17, 15) is 4.79 Å². The molecule has 1 atom stereocenters. The first-order valence-electron chi connectivity index (χ1n) is 7.45. The van der Waals surface area contributed by atoms with E-state index in [4.69, 9.17) is 27.9 Å². The van der Waals surface area contributed by atoms with Gasteiger partial charge < -0.3 is 15.0 Å². The average Bonchev–Trinajstić information content (AvgIpc) is 2.84. The molecule has 0 radical (unpaired) electrons. The number of nitrogens with one attached hydrogen (secondary N) is 1. The van der Waals surface area contributed by atoms with Crippen LogP contribution in [-0.4, -0.2) is 35.7 Å². The lowest BCUT2D eigenvalue weighted by atomic mass is 10.2. The van der Waals surface area contributed by atoms with E-state index in [0.29, 0.717) is 22.3 Å². The van der Waals surface area contributed by atoms with Gasteiger partial charge in [-0.15, -0.1) is 0 Å². The molecule has 0 saturated carbocycles. The first-order valence-corrected chi connectivity index (χ1v) is 8.21. The number of anilines is 1. The second-order valence-electron chi connectivity index (χ2n) is 6.45. The molecular formula is C16H22Cl2N2O2. The normalized spacial score (nSPS) is 18.4. The first kappa shape index (κ1) is 17.2. The number of ether oxygens (including phenoxy) is 1. The Labute approximate surface area is 141 Å². The van der Waals surface area contributed by atoms with E-state index in [-0.39, 0.29) is 12.1 Å². The number of benzene rings is 1. The molecule has 2 rings (SSSR count). The summed E-state index contributed by atoms with van der Waals surface area (Å²) in [6.07, 6.45) is 1.65. The highest BCUT2D eigenvalue weighted by Crippen LogP contribution is 2.30. The molecule has 1 aliphatic heterocycles. The zero-order valence-electron chi connectivity index (χ0n) is 13.2. The van der Waals surface area contributed by atoms with Gasteiger partial charge in [-0.05, 0) is 45.7 Å². The van der Waals surface area contributed by atoms with Crippen LogP contribution in [0.4, 0.5) is 10.5 Å². The van der Waals surface area contributed by atoms with Crippen LogP contribution in [0.2, 0.25) is 10.0 Å². The maximum absolute atomic E-state index is 12.2. The molecule has 0 aromatic heterocycles. The number of carbonyl (C=O) groups is 1. The summed E-state index contributed by atoms with van der Waals surface area (Å²) < 4.78 is 5.46. The van der Waals surface area contributed by atoms with Gasteiger partial charge >= 0.3 is 6.09 Å². The number of hydrogen-bond donors (Lipinski definition) is 1. The molecule has 0 bridgehead atoms. The molecule has 1 heterocycles. The summed E-state index contributed by atoms with van der Waals surface area (Å²) >= 11 is 12.3. The Kier molecular flexibility index (Phi) is 5.45. The molecule has 1 aliphatic rings. The number of rotatable bonds is 3. The molecule has 1 fully saturated rings. The Morgan fingerprint density at radius 1 is 1.36 bits per heavy atom. The fraction of sp³-hybridized carbons (Fsp3) is 0.562. The van der Waals surface area contributed by atoms with E-state index in [1.807, 2.05) is 20.8 Å². The van der Waals surface area contributed by atoms with Crippen LogP contribution in [0, 0.1) is 0 Å². The van der Waals surface area contributed by atoms with Crippen molar-refractivity contribution in [2.24, 2.45) is 0 Å². The minimum absolute atomic E-state index is 0.0854. The standard InChI is InChI=1S/C16H22Cl2N2O2/c1-16(2,3)22-15(21)20-9-5-6-11(20)10-19-14-12(17)7-4-8-13(14)18/h4,7-8,11,19H,5-6,9-10H2,1-3H3. The zero-order valence-corrected chi connectivity index (χ0v) is 14.7. The van der Waals surface area contributed by atoms with Crippen LogP contribution >= 0.6 is 23.2 Å². The molecule has 4 nitrogen and oxygen atoms in total. The van der Waals surface area contributed by atoms with Gasteiger partial charge in [-0.3, -0.25) is 0 Å². The van der Waals surface area contributed by atoms with Crippen LogP contribution in [0.25, 0.3) is 0 Å².